The number of aromatic carboxylic acids is 1. The lowest BCUT2D eigenvalue weighted by atomic mass is 10.2. The standard InChI is InChI=1S/C18H15ClN4O5S/c1-29(27,28)22-14-9-12(19)8-13(10-14)21-17(24)11-4-5-20-16(7-11)23-6-2-3-15(23)18(25)26/h2-10,22H,1H3,(H,21,24)(H,25,26). The molecule has 0 aliphatic heterocycles. The normalized spacial score (nSPS) is 11.1. The van der Waals surface area contributed by atoms with E-state index in [2.05, 4.69) is 15.0 Å². The van der Waals surface area contributed by atoms with Gasteiger partial charge >= 0.3 is 5.97 Å². The molecule has 0 unspecified atom stereocenters. The molecule has 11 heteroatoms. The number of benzene rings is 1. The fourth-order valence-corrected chi connectivity index (χ4v) is 3.37. The smallest absolute Gasteiger partial charge is 0.352 e. The van der Waals surface area contributed by atoms with Crippen LogP contribution in [0.1, 0.15) is 20.8 Å². The minimum atomic E-state index is -3.51. The van der Waals surface area contributed by atoms with Crippen LogP contribution in [0.5, 0.6) is 0 Å². The number of nitrogens with zero attached hydrogens (tertiary/aromatic N) is 2. The first-order valence-corrected chi connectivity index (χ1v) is 10.4. The zero-order valence-corrected chi connectivity index (χ0v) is 16.5. The molecule has 0 spiro atoms. The zero-order chi connectivity index (χ0) is 21.2. The molecule has 1 amide bonds. The summed E-state index contributed by atoms with van der Waals surface area (Å²) < 4.78 is 26.4. The third-order valence-corrected chi connectivity index (χ3v) is 4.51. The van der Waals surface area contributed by atoms with Gasteiger partial charge in [0.1, 0.15) is 11.5 Å². The Morgan fingerprint density at radius 2 is 1.86 bits per heavy atom. The van der Waals surface area contributed by atoms with Gasteiger partial charge in [-0.1, -0.05) is 11.6 Å². The summed E-state index contributed by atoms with van der Waals surface area (Å²) in [7, 11) is -3.51. The van der Waals surface area contributed by atoms with Gasteiger partial charge < -0.3 is 10.4 Å². The quantitative estimate of drug-likeness (QED) is 0.546. The highest BCUT2D eigenvalue weighted by Crippen LogP contribution is 2.24. The second kappa shape index (κ2) is 7.94. The van der Waals surface area contributed by atoms with Crippen LogP contribution in [0, 0.1) is 0 Å². The Balaban J connectivity index is 1.87. The Bertz CT molecular complexity index is 1210. The van der Waals surface area contributed by atoms with E-state index < -0.39 is 21.9 Å². The minimum Gasteiger partial charge on any atom is -0.477 e. The Labute approximate surface area is 171 Å². The van der Waals surface area contributed by atoms with E-state index >= 15 is 0 Å². The number of hydrogen-bond donors (Lipinski definition) is 3. The van der Waals surface area contributed by atoms with Crippen molar-refractivity contribution in [3.63, 3.8) is 0 Å². The highest BCUT2D eigenvalue weighted by molar-refractivity contribution is 7.92. The van der Waals surface area contributed by atoms with Crippen molar-refractivity contribution in [3.8, 4) is 5.82 Å². The largest absolute Gasteiger partial charge is 0.477 e. The number of sulfonamides is 1. The number of carbonyl (C=O) groups is 2. The number of halogens is 1. The third kappa shape index (κ3) is 5.12. The van der Waals surface area contributed by atoms with Crippen LogP contribution < -0.4 is 10.0 Å². The summed E-state index contributed by atoms with van der Waals surface area (Å²) in [6.07, 6.45) is 3.90. The predicted octanol–water partition coefficient (Wildman–Crippen LogP) is 2.85. The second-order valence-corrected chi connectivity index (χ2v) is 8.21. The first kappa shape index (κ1) is 20.4. The molecule has 2 aromatic heterocycles. The fraction of sp³-hybridized carbons (Fsp3) is 0.0556. The lowest BCUT2D eigenvalue weighted by Crippen LogP contribution is -2.14. The third-order valence-electron chi connectivity index (χ3n) is 3.68. The van der Waals surface area contributed by atoms with Crippen molar-refractivity contribution in [3.05, 3.63) is 71.1 Å². The lowest BCUT2D eigenvalue weighted by Gasteiger charge is -2.11. The van der Waals surface area contributed by atoms with Gasteiger partial charge in [-0.15, -0.1) is 0 Å². The average molecular weight is 435 g/mol. The predicted molar refractivity (Wildman–Crippen MR) is 108 cm³/mol. The Kier molecular flexibility index (Phi) is 5.57. The lowest BCUT2D eigenvalue weighted by molar-refractivity contribution is 0.0688. The number of rotatable bonds is 6. The van der Waals surface area contributed by atoms with Crippen molar-refractivity contribution in [2.75, 3.05) is 16.3 Å². The van der Waals surface area contributed by atoms with Gasteiger partial charge in [-0.2, -0.15) is 0 Å². The van der Waals surface area contributed by atoms with Crippen molar-refractivity contribution in [2.45, 2.75) is 0 Å². The van der Waals surface area contributed by atoms with E-state index in [0.717, 1.165) is 6.26 Å². The van der Waals surface area contributed by atoms with E-state index in [1.807, 2.05) is 0 Å². The summed E-state index contributed by atoms with van der Waals surface area (Å²) in [4.78, 5) is 28.0. The van der Waals surface area contributed by atoms with Crippen LogP contribution in [-0.4, -0.2) is 41.2 Å². The molecule has 0 bridgehead atoms. The molecule has 0 saturated carbocycles. The number of hydrogen-bond acceptors (Lipinski definition) is 5. The molecule has 3 N–H and O–H groups in total. The van der Waals surface area contributed by atoms with Gasteiger partial charge in [0, 0.05) is 28.7 Å². The monoisotopic (exact) mass is 434 g/mol. The van der Waals surface area contributed by atoms with Gasteiger partial charge in [0.15, 0.2) is 0 Å². The van der Waals surface area contributed by atoms with Crippen LogP contribution in [0.3, 0.4) is 0 Å². The number of carbonyl (C=O) groups excluding carboxylic acids is 1. The van der Waals surface area contributed by atoms with E-state index in [-0.39, 0.29) is 33.5 Å². The molecule has 9 nitrogen and oxygen atoms in total. The van der Waals surface area contributed by atoms with Crippen molar-refractivity contribution in [1.29, 1.82) is 0 Å². The molecule has 3 aromatic rings. The molecular formula is C18H15ClN4O5S. The van der Waals surface area contributed by atoms with Gasteiger partial charge in [-0.3, -0.25) is 14.1 Å². The summed E-state index contributed by atoms with van der Waals surface area (Å²) in [5, 5.41) is 12.1. The highest BCUT2D eigenvalue weighted by atomic mass is 35.5. The molecule has 0 fully saturated rings. The molecule has 0 atom stereocenters. The number of carboxylic acid groups (broad SMARTS) is 1. The van der Waals surface area contributed by atoms with Crippen LogP contribution in [0.2, 0.25) is 5.02 Å². The Morgan fingerprint density at radius 3 is 2.55 bits per heavy atom. The van der Waals surface area contributed by atoms with Gasteiger partial charge in [-0.25, -0.2) is 18.2 Å². The van der Waals surface area contributed by atoms with Crippen molar-refractivity contribution >= 4 is 44.9 Å². The van der Waals surface area contributed by atoms with E-state index in [4.69, 9.17) is 11.6 Å². The molecule has 3 rings (SSSR count). The van der Waals surface area contributed by atoms with Crippen molar-refractivity contribution in [2.24, 2.45) is 0 Å². The summed E-state index contributed by atoms with van der Waals surface area (Å²) in [6.45, 7) is 0. The van der Waals surface area contributed by atoms with E-state index in [9.17, 15) is 23.1 Å². The van der Waals surface area contributed by atoms with E-state index in [0.29, 0.717) is 0 Å². The van der Waals surface area contributed by atoms with Gasteiger partial charge in [0.2, 0.25) is 10.0 Å². The average Bonchev–Trinajstić information content (AvgIpc) is 3.10. The Hall–Kier alpha value is -3.37. The minimum absolute atomic E-state index is 0.00129. The fourth-order valence-electron chi connectivity index (χ4n) is 2.58. The van der Waals surface area contributed by atoms with Crippen LogP contribution >= 0.6 is 11.6 Å². The van der Waals surface area contributed by atoms with Gasteiger partial charge in [-0.05, 0) is 42.5 Å². The van der Waals surface area contributed by atoms with Gasteiger partial charge in [0.05, 0.1) is 11.9 Å². The van der Waals surface area contributed by atoms with Crippen LogP contribution in [-0.2, 0) is 10.0 Å². The molecular weight excluding hydrogens is 420 g/mol. The van der Waals surface area contributed by atoms with Crippen molar-refractivity contribution < 1.29 is 23.1 Å². The first-order valence-electron chi connectivity index (χ1n) is 8.09. The number of aromatic nitrogens is 2. The number of amides is 1. The maximum Gasteiger partial charge on any atom is 0.352 e. The maximum atomic E-state index is 12.6. The second-order valence-electron chi connectivity index (χ2n) is 6.03. The maximum absolute atomic E-state index is 12.6. The van der Waals surface area contributed by atoms with Crippen LogP contribution in [0.25, 0.3) is 5.82 Å². The summed E-state index contributed by atoms with van der Waals surface area (Å²) in [5.41, 5.74) is 0.697. The summed E-state index contributed by atoms with van der Waals surface area (Å²) >= 11 is 5.99. The van der Waals surface area contributed by atoms with Crippen LogP contribution in [0.4, 0.5) is 11.4 Å². The summed E-state index contributed by atoms with van der Waals surface area (Å²) in [6, 6.07) is 10.2. The van der Waals surface area contributed by atoms with Crippen LogP contribution in [0.15, 0.2) is 54.9 Å². The van der Waals surface area contributed by atoms with E-state index in [1.54, 1.807) is 6.07 Å². The van der Waals surface area contributed by atoms with E-state index in [1.165, 1.54) is 53.4 Å². The molecule has 0 aliphatic rings. The summed E-state index contributed by atoms with van der Waals surface area (Å²) in [5.74, 6) is -1.38. The zero-order valence-electron chi connectivity index (χ0n) is 15.0. The molecule has 0 radical (unpaired) electrons. The number of nitrogens with one attached hydrogen (secondary N) is 2. The Morgan fingerprint density at radius 1 is 1.14 bits per heavy atom. The van der Waals surface area contributed by atoms with Gasteiger partial charge in [0.25, 0.3) is 5.91 Å². The molecule has 0 saturated heterocycles. The SMILES string of the molecule is CS(=O)(=O)Nc1cc(Cl)cc(NC(=O)c2ccnc(-n3cccc3C(=O)O)c2)c1. The number of anilines is 2. The van der Waals surface area contributed by atoms with Crippen molar-refractivity contribution in [1.82, 2.24) is 9.55 Å². The molecule has 0 aliphatic carbocycles. The number of carboxylic acids is 1. The molecule has 2 heterocycles. The number of pyridine rings is 1. The first-order chi connectivity index (χ1) is 13.6. The highest BCUT2D eigenvalue weighted by Gasteiger charge is 2.14. The molecule has 29 heavy (non-hydrogen) atoms. The topological polar surface area (TPSA) is 130 Å². The molecule has 1 aromatic carbocycles. The molecule has 150 valence electrons.